The Morgan fingerprint density at radius 2 is 1.42 bits per heavy atom. The summed E-state index contributed by atoms with van der Waals surface area (Å²) >= 11 is 0. The molecule has 0 radical (unpaired) electrons. The summed E-state index contributed by atoms with van der Waals surface area (Å²) in [5.74, 6) is 1.72. The van der Waals surface area contributed by atoms with Gasteiger partial charge in [-0.25, -0.2) is 4.79 Å². The number of hydrogen-bond acceptors (Lipinski definition) is 4. The highest BCUT2D eigenvalue weighted by Crippen LogP contribution is 2.65. The zero-order chi connectivity index (χ0) is 19.2. The second kappa shape index (κ2) is 6.83. The van der Waals surface area contributed by atoms with Gasteiger partial charge >= 0.3 is 11.9 Å². The summed E-state index contributed by atoms with van der Waals surface area (Å²) in [4.78, 5) is 24.7. The van der Waals surface area contributed by atoms with Crippen molar-refractivity contribution in [1.82, 2.24) is 0 Å². The van der Waals surface area contributed by atoms with Crippen LogP contribution >= 0.6 is 0 Å². The van der Waals surface area contributed by atoms with Gasteiger partial charge in [-0.05, 0) is 89.9 Å². The molecule has 1 atom stereocenters. The number of ether oxygens (including phenoxy) is 2. The van der Waals surface area contributed by atoms with Crippen molar-refractivity contribution in [3.63, 3.8) is 0 Å². The van der Waals surface area contributed by atoms with E-state index in [0.29, 0.717) is 6.42 Å². The fourth-order valence-electron chi connectivity index (χ4n) is 6.06. The Labute approximate surface area is 158 Å². The summed E-state index contributed by atoms with van der Waals surface area (Å²) in [6, 6.07) is 0. The van der Waals surface area contributed by atoms with Crippen LogP contribution in [-0.2, 0) is 19.1 Å². The maximum Gasteiger partial charge on any atom is 0.344 e. The Hall–Kier alpha value is -1.06. The Kier molecular flexibility index (Phi) is 5.18. The van der Waals surface area contributed by atoms with E-state index in [4.69, 9.17) is 9.47 Å². The topological polar surface area (TPSA) is 52.6 Å². The van der Waals surface area contributed by atoms with Crippen LogP contribution in [0.15, 0.2) is 0 Å². The van der Waals surface area contributed by atoms with Gasteiger partial charge in [-0.2, -0.15) is 0 Å². The predicted molar refractivity (Wildman–Crippen MR) is 100 cm³/mol. The molecule has 4 aliphatic carbocycles. The fraction of sp³-hybridized carbons (Fsp3) is 0.909. The molecule has 26 heavy (non-hydrogen) atoms. The number of esters is 2. The minimum Gasteiger partial charge on any atom is -0.456 e. The molecule has 0 aromatic carbocycles. The largest absolute Gasteiger partial charge is 0.456 e. The summed E-state index contributed by atoms with van der Waals surface area (Å²) in [5, 5.41) is 0. The highest BCUT2D eigenvalue weighted by Gasteiger charge is 2.59. The lowest BCUT2D eigenvalue weighted by Crippen LogP contribution is -2.58. The van der Waals surface area contributed by atoms with Crippen molar-refractivity contribution in [2.75, 3.05) is 6.61 Å². The zero-order valence-corrected chi connectivity index (χ0v) is 17.2. The van der Waals surface area contributed by atoms with Gasteiger partial charge in [0, 0.05) is 5.41 Å². The predicted octanol–water partition coefficient (Wildman–Crippen LogP) is 4.89. The van der Waals surface area contributed by atoms with Crippen molar-refractivity contribution in [1.29, 1.82) is 0 Å². The van der Waals surface area contributed by atoms with Crippen LogP contribution in [0.2, 0.25) is 0 Å². The van der Waals surface area contributed by atoms with Crippen LogP contribution in [0, 0.1) is 28.6 Å². The Bertz CT molecular complexity index is 529. The SMILES string of the molecule is CCC(C)(C)C(=O)OCC(=O)OC(C)(CC)C12CC3CC(CC(C3)C1)C2. The van der Waals surface area contributed by atoms with E-state index in [-0.39, 0.29) is 18.0 Å². The molecule has 4 bridgehead atoms. The molecule has 4 aliphatic rings. The van der Waals surface area contributed by atoms with Gasteiger partial charge in [0.25, 0.3) is 0 Å². The van der Waals surface area contributed by atoms with Gasteiger partial charge in [-0.15, -0.1) is 0 Å². The average molecular weight is 365 g/mol. The molecule has 4 nitrogen and oxygen atoms in total. The molecule has 4 heteroatoms. The standard InChI is InChI=1S/C22H36O4/c1-6-20(3,4)19(24)25-14-18(23)26-21(5,7-2)22-11-15-8-16(12-22)10-17(9-15)13-22/h15-17H,6-14H2,1-5H3. The molecular weight excluding hydrogens is 328 g/mol. The quantitative estimate of drug-likeness (QED) is 0.603. The molecule has 0 aliphatic heterocycles. The van der Waals surface area contributed by atoms with Crippen molar-refractivity contribution in [3.05, 3.63) is 0 Å². The van der Waals surface area contributed by atoms with Crippen molar-refractivity contribution < 1.29 is 19.1 Å². The fourth-order valence-corrected chi connectivity index (χ4v) is 6.06. The van der Waals surface area contributed by atoms with Crippen molar-refractivity contribution >= 4 is 11.9 Å². The normalized spacial score (nSPS) is 35.0. The Morgan fingerprint density at radius 1 is 0.923 bits per heavy atom. The van der Waals surface area contributed by atoms with Crippen molar-refractivity contribution in [3.8, 4) is 0 Å². The highest BCUT2D eigenvalue weighted by atomic mass is 16.6. The first-order valence-electron chi connectivity index (χ1n) is 10.5. The smallest absolute Gasteiger partial charge is 0.344 e. The van der Waals surface area contributed by atoms with E-state index < -0.39 is 17.0 Å². The third-order valence-corrected chi connectivity index (χ3v) is 7.93. The highest BCUT2D eigenvalue weighted by molar-refractivity contribution is 5.80. The summed E-state index contributed by atoms with van der Waals surface area (Å²) in [6.45, 7) is 9.59. The first-order chi connectivity index (χ1) is 12.1. The monoisotopic (exact) mass is 364 g/mol. The average Bonchev–Trinajstić information content (AvgIpc) is 2.58. The molecule has 0 N–H and O–H groups in total. The molecule has 0 aromatic heterocycles. The molecule has 0 spiro atoms. The number of hydrogen-bond donors (Lipinski definition) is 0. The van der Waals surface area contributed by atoms with Crippen LogP contribution < -0.4 is 0 Å². The number of rotatable bonds is 7. The minimum absolute atomic E-state index is 0.124. The lowest BCUT2D eigenvalue weighted by Gasteiger charge is -2.62. The third-order valence-electron chi connectivity index (χ3n) is 7.93. The van der Waals surface area contributed by atoms with E-state index in [1.807, 2.05) is 20.8 Å². The lowest BCUT2D eigenvalue weighted by molar-refractivity contribution is -0.209. The van der Waals surface area contributed by atoms with E-state index in [9.17, 15) is 9.59 Å². The van der Waals surface area contributed by atoms with Crippen LogP contribution in [0.5, 0.6) is 0 Å². The summed E-state index contributed by atoms with van der Waals surface area (Å²) in [6.07, 6.45) is 9.20. The van der Waals surface area contributed by atoms with E-state index in [1.54, 1.807) is 0 Å². The molecule has 0 aromatic rings. The van der Waals surface area contributed by atoms with E-state index in [1.165, 1.54) is 38.5 Å². The van der Waals surface area contributed by atoms with Crippen LogP contribution in [-0.4, -0.2) is 24.1 Å². The van der Waals surface area contributed by atoms with Gasteiger partial charge in [0.2, 0.25) is 0 Å². The van der Waals surface area contributed by atoms with Crippen molar-refractivity contribution in [2.24, 2.45) is 28.6 Å². The maximum atomic E-state index is 12.5. The van der Waals surface area contributed by atoms with Crippen molar-refractivity contribution in [2.45, 2.75) is 91.6 Å². The van der Waals surface area contributed by atoms with Crippen LogP contribution in [0.3, 0.4) is 0 Å². The molecule has 1 unspecified atom stereocenters. The maximum absolute atomic E-state index is 12.5. The molecule has 0 amide bonds. The Balaban J connectivity index is 1.65. The first-order valence-corrected chi connectivity index (χ1v) is 10.5. The van der Waals surface area contributed by atoms with Gasteiger partial charge in [0.05, 0.1) is 5.41 Å². The second-order valence-electron chi connectivity index (χ2n) is 10.1. The summed E-state index contributed by atoms with van der Waals surface area (Å²) in [5.41, 5.74) is -0.889. The van der Waals surface area contributed by atoms with Crippen LogP contribution in [0.4, 0.5) is 0 Å². The minimum atomic E-state index is -0.561. The molecule has 0 saturated heterocycles. The zero-order valence-electron chi connectivity index (χ0n) is 17.2. The van der Waals surface area contributed by atoms with E-state index in [0.717, 1.165) is 24.2 Å². The van der Waals surface area contributed by atoms with E-state index >= 15 is 0 Å². The molecular formula is C22H36O4. The molecule has 4 rings (SSSR count). The van der Waals surface area contributed by atoms with Gasteiger partial charge in [0.1, 0.15) is 5.60 Å². The molecule has 148 valence electrons. The van der Waals surface area contributed by atoms with Crippen LogP contribution in [0.25, 0.3) is 0 Å². The van der Waals surface area contributed by atoms with Gasteiger partial charge in [-0.3, -0.25) is 4.79 Å². The van der Waals surface area contributed by atoms with Gasteiger partial charge < -0.3 is 9.47 Å². The summed E-state index contributed by atoms with van der Waals surface area (Å²) in [7, 11) is 0. The second-order valence-corrected chi connectivity index (χ2v) is 10.1. The summed E-state index contributed by atoms with van der Waals surface area (Å²) < 4.78 is 11.3. The first kappa shape index (κ1) is 19.7. The third kappa shape index (κ3) is 3.41. The molecule has 4 fully saturated rings. The lowest BCUT2D eigenvalue weighted by atomic mass is 9.45. The van der Waals surface area contributed by atoms with Crippen LogP contribution in [0.1, 0.15) is 86.0 Å². The van der Waals surface area contributed by atoms with Gasteiger partial charge in [0.15, 0.2) is 6.61 Å². The molecule has 0 heterocycles. The Morgan fingerprint density at radius 3 is 1.85 bits per heavy atom. The number of carbonyl (C=O) groups excluding carboxylic acids is 2. The van der Waals surface area contributed by atoms with E-state index in [2.05, 4.69) is 13.8 Å². The number of carbonyl (C=O) groups is 2. The van der Waals surface area contributed by atoms with Gasteiger partial charge in [-0.1, -0.05) is 13.8 Å². The molecule has 4 saturated carbocycles.